The van der Waals surface area contributed by atoms with Crippen LogP contribution in [0.4, 0.5) is 0 Å². The first-order valence-electron chi connectivity index (χ1n) is 10.8. The van der Waals surface area contributed by atoms with E-state index in [1.165, 1.54) is 0 Å². The van der Waals surface area contributed by atoms with E-state index in [9.17, 15) is 9.59 Å². The molecule has 5 nitrogen and oxygen atoms in total. The Morgan fingerprint density at radius 1 is 1.06 bits per heavy atom. The molecule has 1 fully saturated rings. The first-order chi connectivity index (χ1) is 15.6. The number of carbonyl (C=O) groups excluding carboxylic acids is 2. The quantitative estimate of drug-likeness (QED) is 0.465. The molecule has 1 aliphatic heterocycles. The van der Waals surface area contributed by atoms with E-state index in [-0.39, 0.29) is 18.4 Å². The van der Waals surface area contributed by atoms with Crippen molar-refractivity contribution in [3.05, 3.63) is 83.4 Å². The van der Waals surface area contributed by atoms with Crippen LogP contribution < -0.4 is 5.73 Å². The van der Waals surface area contributed by atoms with Crippen LogP contribution in [-0.2, 0) is 11.2 Å². The molecule has 2 N–H and O–H groups in total. The van der Waals surface area contributed by atoms with E-state index < -0.39 is 5.41 Å². The van der Waals surface area contributed by atoms with Crippen molar-refractivity contribution in [3.63, 3.8) is 0 Å². The molecular weight excluding hydrogens is 420 g/mol. The summed E-state index contributed by atoms with van der Waals surface area (Å²) in [6, 6.07) is 21.6. The third-order valence-electron chi connectivity index (χ3n) is 6.36. The number of piperidine rings is 1. The second-order valence-corrected chi connectivity index (χ2v) is 9.38. The minimum Gasteiger partial charge on any atom is -0.451 e. The molecule has 2 aromatic carbocycles. The first kappa shape index (κ1) is 20.5. The van der Waals surface area contributed by atoms with Crippen molar-refractivity contribution in [2.45, 2.75) is 19.3 Å². The summed E-state index contributed by atoms with van der Waals surface area (Å²) in [7, 11) is 0. The van der Waals surface area contributed by atoms with Gasteiger partial charge in [-0.15, -0.1) is 11.3 Å². The molecule has 32 heavy (non-hydrogen) atoms. The fourth-order valence-corrected chi connectivity index (χ4v) is 5.48. The lowest BCUT2D eigenvalue weighted by atomic mass is 9.73. The molecule has 3 heterocycles. The van der Waals surface area contributed by atoms with Gasteiger partial charge in [-0.3, -0.25) is 9.59 Å². The highest BCUT2D eigenvalue weighted by Gasteiger charge is 2.43. The van der Waals surface area contributed by atoms with Crippen LogP contribution in [0.15, 0.2) is 76.5 Å². The van der Waals surface area contributed by atoms with Crippen LogP contribution in [0.2, 0.25) is 0 Å². The Bertz CT molecular complexity index is 1240. The normalized spacial score (nSPS) is 18.7. The molecule has 1 aliphatic rings. The number of nitrogens with two attached hydrogens (primary N) is 1. The molecule has 1 saturated heterocycles. The summed E-state index contributed by atoms with van der Waals surface area (Å²) in [6.07, 6.45) is 1.88. The highest BCUT2D eigenvalue weighted by Crippen LogP contribution is 2.38. The summed E-state index contributed by atoms with van der Waals surface area (Å²) < 4.78 is 5.79. The minimum absolute atomic E-state index is 0.196. The lowest BCUT2D eigenvalue weighted by Crippen LogP contribution is -2.53. The fraction of sp³-hybridized carbons (Fsp3) is 0.231. The molecular formula is C26H24N2O3S. The number of carbonyl (C=O) groups is 2. The number of fused-ring (bicyclic) bond motifs is 1. The topological polar surface area (TPSA) is 76.5 Å². The third kappa shape index (κ3) is 3.71. The number of hydrogen-bond donors (Lipinski definition) is 1. The van der Waals surface area contributed by atoms with Gasteiger partial charge >= 0.3 is 0 Å². The smallest absolute Gasteiger partial charge is 0.289 e. The number of primary amides is 1. The Balaban J connectivity index is 1.45. The van der Waals surface area contributed by atoms with Crippen LogP contribution in [-0.4, -0.2) is 29.8 Å². The number of benzene rings is 2. The first-order valence-corrected chi connectivity index (χ1v) is 11.6. The lowest BCUT2D eigenvalue weighted by molar-refractivity contribution is -0.130. The summed E-state index contributed by atoms with van der Waals surface area (Å²) in [5, 5.41) is 2.93. The molecule has 5 rings (SSSR count). The molecule has 1 atom stereocenters. The zero-order valence-electron chi connectivity index (χ0n) is 17.6. The average molecular weight is 445 g/mol. The van der Waals surface area contributed by atoms with E-state index in [4.69, 9.17) is 10.2 Å². The summed E-state index contributed by atoms with van der Waals surface area (Å²) >= 11 is 1.67. The second-order valence-electron chi connectivity index (χ2n) is 8.43. The van der Waals surface area contributed by atoms with Gasteiger partial charge < -0.3 is 15.1 Å². The van der Waals surface area contributed by atoms with E-state index >= 15 is 0 Å². The van der Waals surface area contributed by atoms with Crippen LogP contribution in [0.1, 0.15) is 29.0 Å². The molecule has 0 saturated carbocycles. The number of para-hydroxylation sites is 1. The number of nitrogens with zero attached hydrogens (tertiary/aromatic N) is 1. The van der Waals surface area contributed by atoms with Crippen LogP contribution >= 0.6 is 11.3 Å². The Labute approximate surface area is 190 Å². The fourth-order valence-electron chi connectivity index (χ4n) is 4.69. The van der Waals surface area contributed by atoms with E-state index in [1.807, 2.05) is 47.8 Å². The number of rotatable bonds is 5. The maximum atomic E-state index is 13.3. The largest absolute Gasteiger partial charge is 0.451 e. The number of thiophene rings is 1. The lowest BCUT2D eigenvalue weighted by Gasteiger charge is -2.40. The monoisotopic (exact) mass is 444 g/mol. The van der Waals surface area contributed by atoms with Gasteiger partial charge in [-0.25, -0.2) is 0 Å². The molecule has 0 bridgehead atoms. The molecule has 0 radical (unpaired) electrons. The van der Waals surface area contributed by atoms with Gasteiger partial charge in [0.15, 0.2) is 5.76 Å². The van der Waals surface area contributed by atoms with Crippen molar-refractivity contribution in [1.82, 2.24) is 4.90 Å². The van der Waals surface area contributed by atoms with Crippen molar-refractivity contribution < 1.29 is 14.0 Å². The SMILES string of the molecule is NC(=O)[C@]1(Cc2ccccc2-c2cccs2)CCCN(C(=O)c2cc3ccccc3o2)C1. The minimum atomic E-state index is -0.812. The number of hydrogen-bond acceptors (Lipinski definition) is 4. The Kier molecular flexibility index (Phi) is 5.31. The van der Waals surface area contributed by atoms with Crippen LogP contribution in [0.25, 0.3) is 21.4 Å². The van der Waals surface area contributed by atoms with Crippen molar-refractivity contribution in [2.24, 2.45) is 11.1 Å². The number of likely N-dealkylation sites (tertiary alicyclic amines) is 1. The Hall–Kier alpha value is -3.38. The standard InChI is InChI=1S/C26H24N2O3S/c27-25(30)26(16-19-8-1-3-9-20(19)23-11-5-14-32-23)12-6-13-28(17-26)24(29)22-15-18-7-2-4-10-21(18)31-22/h1-5,7-11,14-15H,6,12-13,16-17H2,(H2,27,30)/t26-/m0/s1. The zero-order chi connectivity index (χ0) is 22.1. The van der Waals surface area contributed by atoms with Gasteiger partial charge in [-0.2, -0.15) is 0 Å². The number of furan rings is 1. The summed E-state index contributed by atoms with van der Waals surface area (Å²) in [4.78, 5) is 28.9. The van der Waals surface area contributed by atoms with E-state index in [2.05, 4.69) is 18.2 Å². The Morgan fingerprint density at radius 2 is 1.88 bits per heavy atom. The highest BCUT2D eigenvalue weighted by atomic mass is 32.1. The predicted molar refractivity (Wildman–Crippen MR) is 126 cm³/mol. The molecule has 162 valence electrons. The van der Waals surface area contributed by atoms with Gasteiger partial charge in [0.25, 0.3) is 5.91 Å². The van der Waals surface area contributed by atoms with Crippen LogP contribution in [0, 0.1) is 5.41 Å². The van der Waals surface area contributed by atoms with Crippen LogP contribution in [0.3, 0.4) is 0 Å². The molecule has 0 unspecified atom stereocenters. The van der Waals surface area contributed by atoms with E-state index in [0.717, 1.165) is 27.8 Å². The summed E-state index contributed by atoms with van der Waals surface area (Å²) in [5.41, 5.74) is 8.04. The van der Waals surface area contributed by atoms with Gasteiger partial charge in [0.1, 0.15) is 5.58 Å². The Morgan fingerprint density at radius 3 is 2.66 bits per heavy atom. The van der Waals surface area contributed by atoms with Crippen molar-refractivity contribution in [2.75, 3.05) is 13.1 Å². The molecule has 6 heteroatoms. The van der Waals surface area contributed by atoms with E-state index in [0.29, 0.717) is 30.7 Å². The second kappa shape index (κ2) is 8.28. The molecule has 0 aliphatic carbocycles. The molecule has 2 aromatic heterocycles. The molecule has 4 aromatic rings. The van der Waals surface area contributed by atoms with Gasteiger partial charge in [0, 0.05) is 23.4 Å². The zero-order valence-corrected chi connectivity index (χ0v) is 18.4. The van der Waals surface area contributed by atoms with Gasteiger partial charge in [0.05, 0.1) is 5.41 Å². The van der Waals surface area contributed by atoms with Crippen molar-refractivity contribution >= 4 is 34.1 Å². The van der Waals surface area contributed by atoms with Gasteiger partial charge in [0.2, 0.25) is 5.91 Å². The van der Waals surface area contributed by atoms with Crippen LogP contribution in [0.5, 0.6) is 0 Å². The van der Waals surface area contributed by atoms with E-state index in [1.54, 1.807) is 22.3 Å². The third-order valence-corrected chi connectivity index (χ3v) is 7.26. The van der Waals surface area contributed by atoms with Gasteiger partial charge in [-0.05, 0) is 54.0 Å². The summed E-state index contributed by atoms with van der Waals surface area (Å²) in [6.45, 7) is 0.870. The van der Waals surface area contributed by atoms with Gasteiger partial charge in [-0.1, -0.05) is 48.5 Å². The maximum absolute atomic E-state index is 13.3. The highest BCUT2D eigenvalue weighted by molar-refractivity contribution is 7.13. The number of amides is 2. The van der Waals surface area contributed by atoms with Crippen molar-refractivity contribution in [3.8, 4) is 10.4 Å². The maximum Gasteiger partial charge on any atom is 0.289 e. The summed E-state index contributed by atoms with van der Waals surface area (Å²) in [5.74, 6) is -0.260. The average Bonchev–Trinajstić information content (AvgIpc) is 3.49. The molecule has 2 amide bonds. The van der Waals surface area contributed by atoms with Crippen molar-refractivity contribution in [1.29, 1.82) is 0 Å². The molecule has 0 spiro atoms. The predicted octanol–water partition coefficient (Wildman–Crippen LogP) is 5.11.